The van der Waals surface area contributed by atoms with Gasteiger partial charge in [0.25, 0.3) is 0 Å². The molecule has 1 aromatic rings. The van der Waals surface area contributed by atoms with Crippen LogP contribution < -0.4 is 10.1 Å². The maximum Gasteiger partial charge on any atom is 0.143 e. The van der Waals surface area contributed by atoms with Gasteiger partial charge in [-0.3, -0.25) is 0 Å². The van der Waals surface area contributed by atoms with Crippen LogP contribution >= 0.6 is 0 Å². The first-order chi connectivity index (χ1) is 8.81. The Hall–Kier alpha value is -1.77. The topological polar surface area (TPSA) is 63.5 Å². The van der Waals surface area contributed by atoms with E-state index in [9.17, 15) is 0 Å². The van der Waals surface area contributed by atoms with Crippen molar-refractivity contribution in [3.63, 3.8) is 0 Å². The van der Waals surface area contributed by atoms with E-state index >= 15 is 0 Å². The smallest absolute Gasteiger partial charge is 0.143 e. The molecule has 5 nitrogen and oxygen atoms in total. The minimum absolute atomic E-state index is 0.578. The Morgan fingerprint density at radius 3 is 2.72 bits per heavy atom. The van der Waals surface area contributed by atoms with Crippen molar-refractivity contribution in [2.24, 2.45) is 0 Å². The van der Waals surface area contributed by atoms with Gasteiger partial charge in [0.1, 0.15) is 5.75 Å². The van der Waals surface area contributed by atoms with Crippen LogP contribution in [-0.2, 0) is 9.47 Å². The molecular formula is C13H18N2O3. The van der Waals surface area contributed by atoms with Crippen LogP contribution in [0.25, 0.3) is 0 Å². The number of methoxy groups -OCH3 is 2. The van der Waals surface area contributed by atoms with E-state index in [2.05, 4.69) is 11.4 Å². The molecule has 1 rings (SSSR count). The Morgan fingerprint density at radius 2 is 2.06 bits per heavy atom. The van der Waals surface area contributed by atoms with Crippen molar-refractivity contribution in [1.29, 1.82) is 5.26 Å². The molecule has 0 heterocycles. The largest absolute Gasteiger partial charge is 0.495 e. The highest BCUT2D eigenvalue weighted by molar-refractivity contribution is 5.59. The van der Waals surface area contributed by atoms with Crippen LogP contribution in [0.5, 0.6) is 5.75 Å². The predicted molar refractivity (Wildman–Crippen MR) is 68.9 cm³/mol. The van der Waals surface area contributed by atoms with Crippen LogP contribution in [0.2, 0.25) is 0 Å². The molecule has 0 radical (unpaired) electrons. The fourth-order valence-electron chi connectivity index (χ4n) is 1.41. The standard InChI is InChI=1S/C13H18N2O3/c1-16-7-8-18-6-5-15-12-4-3-11(10-14)9-13(12)17-2/h3-4,9,15H,5-8H2,1-2H3. The number of nitrogens with zero attached hydrogens (tertiary/aromatic N) is 1. The molecule has 1 N–H and O–H groups in total. The normalized spacial score (nSPS) is 9.83. The molecule has 0 amide bonds. The molecule has 0 saturated heterocycles. The predicted octanol–water partition coefficient (Wildman–Crippen LogP) is 1.64. The fraction of sp³-hybridized carbons (Fsp3) is 0.462. The van der Waals surface area contributed by atoms with Crippen molar-refractivity contribution in [1.82, 2.24) is 0 Å². The fourth-order valence-corrected chi connectivity index (χ4v) is 1.41. The SMILES string of the molecule is COCCOCCNc1ccc(C#N)cc1OC. The average molecular weight is 250 g/mol. The van der Waals surface area contributed by atoms with E-state index in [1.165, 1.54) is 0 Å². The second-order valence-corrected chi connectivity index (χ2v) is 3.56. The van der Waals surface area contributed by atoms with Crippen molar-refractivity contribution in [2.75, 3.05) is 45.9 Å². The maximum atomic E-state index is 8.79. The number of ether oxygens (including phenoxy) is 3. The Kier molecular flexibility index (Phi) is 6.62. The van der Waals surface area contributed by atoms with E-state index in [0.29, 0.717) is 37.7 Å². The molecule has 0 unspecified atom stereocenters. The lowest BCUT2D eigenvalue weighted by Crippen LogP contribution is -2.12. The van der Waals surface area contributed by atoms with Gasteiger partial charge in [-0.15, -0.1) is 0 Å². The van der Waals surface area contributed by atoms with Crippen molar-refractivity contribution >= 4 is 5.69 Å². The minimum atomic E-state index is 0.578. The summed E-state index contributed by atoms with van der Waals surface area (Å²) in [5.41, 5.74) is 1.43. The molecule has 0 aliphatic heterocycles. The molecule has 0 saturated carbocycles. The van der Waals surface area contributed by atoms with Gasteiger partial charge in [0.2, 0.25) is 0 Å². The zero-order valence-corrected chi connectivity index (χ0v) is 10.7. The molecule has 98 valence electrons. The van der Waals surface area contributed by atoms with Gasteiger partial charge in [0.05, 0.1) is 44.3 Å². The van der Waals surface area contributed by atoms with Crippen LogP contribution in [0.1, 0.15) is 5.56 Å². The summed E-state index contributed by atoms with van der Waals surface area (Å²) in [6.07, 6.45) is 0. The molecule has 1 aromatic carbocycles. The third-order valence-corrected chi connectivity index (χ3v) is 2.32. The molecule has 0 spiro atoms. The molecule has 5 heteroatoms. The van der Waals surface area contributed by atoms with Gasteiger partial charge < -0.3 is 19.5 Å². The summed E-state index contributed by atoms with van der Waals surface area (Å²) in [5.74, 6) is 0.658. The molecule has 0 aliphatic carbocycles. The first kappa shape index (κ1) is 14.3. The Balaban J connectivity index is 2.40. The lowest BCUT2D eigenvalue weighted by atomic mass is 10.2. The van der Waals surface area contributed by atoms with Gasteiger partial charge in [-0.1, -0.05) is 0 Å². The van der Waals surface area contributed by atoms with Crippen LogP contribution in [-0.4, -0.2) is 40.6 Å². The van der Waals surface area contributed by atoms with Gasteiger partial charge in [0, 0.05) is 19.7 Å². The van der Waals surface area contributed by atoms with Crippen molar-refractivity contribution in [3.05, 3.63) is 23.8 Å². The van der Waals surface area contributed by atoms with Crippen molar-refractivity contribution < 1.29 is 14.2 Å². The van der Waals surface area contributed by atoms with Crippen molar-refractivity contribution in [2.45, 2.75) is 0 Å². The number of nitriles is 1. The monoisotopic (exact) mass is 250 g/mol. The first-order valence-corrected chi connectivity index (χ1v) is 5.70. The second-order valence-electron chi connectivity index (χ2n) is 3.56. The van der Waals surface area contributed by atoms with E-state index in [-0.39, 0.29) is 0 Å². The van der Waals surface area contributed by atoms with Crippen LogP contribution in [0.4, 0.5) is 5.69 Å². The Morgan fingerprint density at radius 1 is 1.22 bits per heavy atom. The zero-order chi connectivity index (χ0) is 13.2. The van der Waals surface area contributed by atoms with E-state index in [1.807, 2.05) is 6.07 Å². The number of benzene rings is 1. The van der Waals surface area contributed by atoms with E-state index in [0.717, 1.165) is 5.69 Å². The summed E-state index contributed by atoms with van der Waals surface area (Å²) in [7, 11) is 3.22. The van der Waals surface area contributed by atoms with Gasteiger partial charge in [-0.05, 0) is 12.1 Å². The number of nitrogens with one attached hydrogen (secondary N) is 1. The lowest BCUT2D eigenvalue weighted by Gasteiger charge is -2.11. The Labute approximate surface area is 107 Å². The summed E-state index contributed by atoms with van der Waals surface area (Å²) in [5, 5.41) is 12.0. The third-order valence-electron chi connectivity index (χ3n) is 2.32. The van der Waals surface area contributed by atoms with E-state index in [1.54, 1.807) is 26.4 Å². The second kappa shape index (κ2) is 8.34. The quantitative estimate of drug-likeness (QED) is 0.711. The van der Waals surface area contributed by atoms with Crippen LogP contribution in [0.3, 0.4) is 0 Å². The van der Waals surface area contributed by atoms with Crippen LogP contribution in [0, 0.1) is 11.3 Å². The summed E-state index contributed by atoms with van der Waals surface area (Å²) in [4.78, 5) is 0. The first-order valence-electron chi connectivity index (χ1n) is 5.70. The average Bonchev–Trinajstić information content (AvgIpc) is 2.42. The molecule has 0 aliphatic rings. The van der Waals surface area contributed by atoms with Crippen molar-refractivity contribution in [3.8, 4) is 11.8 Å². The zero-order valence-electron chi connectivity index (χ0n) is 10.7. The summed E-state index contributed by atoms with van der Waals surface area (Å²) >= 11 is 0. The molecule has 0 fully saturated rings. The van der Waals surface area contributed by atoms with Gasteiger partial charge >= 0.3 is 0 Å². The molecule has 0 aromatic heterocycles. The lowest BCUT2D eigenvalue weighted by molar-refractivity contribution is 0.0759. The highest BCUT2D eigenvalue weighted by atomic mass is 16.5. The van der Waals surface area contributed by atoms with Gasteiger partial charge in [-0.25, -0.2) is 0 Å². The van der Waals surface area contributed by atoms with Gasteiger partial charge in [0.15, 0.2) is 0 Å². The number of anilines is 1. The highest BCUT2D eigenvalue weighted by Gasteiger charge is 2.03. The Bertz CT molecular complexity index is 402. The number of hydrogen-bond donors (Lipinski definition) is 1. The minimum Gasteiger partial charge on any atom is -0.495 e. The maximum absolute atomic E-state index is 8.79. The summed E-state index contributed by atoms with van der Waals surface area (Å²) in [6.45, 7) is 2.45. The summed E-state index contributed by atoms with van der Waals surface area (Å²) < 4.78 is 15.4. The molecule has 0 bridgehead atoms. The van der Waals surface area contributed by atoms with E-state index < -0.39 is 0 Å². The summed E-state index contributed by atoms with van der Waals surface area (Å²) in [6, 6.07) is 7.35. The number of hydrogen-bond acceptors (Lipinski definition) is 5. The molecule has 18 heavy (non-hydrogen) atoms. The highest BCUT2D eigenvalue weighted by Crippen LogP contribution is 2.24. The third kappa shape index (κ3) is 4.62. The number of rotatable bonds is 8. The van der Waals surface area contributed by atoms with Gasteiger partial charge in [-0.2, -0.15) is 5.26 Å². The molecular weight excluding hydrogens is 232 g/mol. The van der Waals surface area contributed by atoms with Crippen LogP contribution in [0.15, 0.2) is 18.2 Å². The van der Waals surface area contributed by atoms with E-state index in [4.69, 9.17) is 19.5 Å². The molecule has 0 atom stereocenters.